The molecule has 0 unspecified atom stereocenters. The third-order valence-electron chi connectivity index (χ3n) is 1.91. The van der Waals surface area contributed by atoms with Gasteiger partial charge in [-0.3, -0.25) is 10.00 Å². The maximum absolute atomic E-state index is 12.8. The van der Waals surface area contributed by atoms with Crippen molar-refractivity contribution in [1.82, 2.24) is 9.78 Å². The van der Waals surface area contributed by atoms with E-state index in [9.17, 15) is 18.0 Å². The number of hydrogen-bond donors (Lipinski definition) is 1. The molecule has 1 aromatic heterocycles. The highest BCUT2D eigenvalue weighted by atomic mass is 79.9. The van der Waals surface area contributed by atoms with Crippen LogP contribution in [-0.2, 0) is 18.0 Å². The van der Waals surface area contributed by atoms with Crippen LogP contribution in [0, 0.1) is 0 Å². The number of carbonyl (C=O) groups is 1. The zero-order valence-electron chi connectivity index (χ0n) is 10.7. The number of anilines is 1. The van der Waals surface area contributed by atoms with Gasteiger partial charge >= 0.3 is 12.3 Å². The summed E-state index contributed by atoms with van der Waals surface area (Å²) in [5, 5.41) is 5.62. The fourth-order valence-corrected chi connectivity index (χ4v) is 1.94. The van der Waals surface area contributed by atoms with Gasteiger partial charge in [0.2, 0.25) is 0 Å². The van der Waals surface area contributed by atoms with Gasteiger partial charge < -0.3 is 4.74 Å². The van der Waals surface area contributed by atoms with Crippen molar-refractivity contribution >= 4 is 27.8 Å². The third kappa shape index (κ3) is 4.12. The lowest BCUT2D eigenvalue weighted by molar-refractivity contribution is -0.137. The molecule has 1 rings (SSSR count). The zero-order valence-corrected chi connectivity index (χ0v) is 12.3. The molecule has 0 radical (unpaired) electrons. The van der Waals surface area contributed by atoms with Crippen molar-refractivity contribution < 1.29 is 22.7 Å². The number of halogens is 4. The molecular formula is C10H13BrF3N3O2. The van der Waals surface area contributed by atoms with Gasteiger partial charge in [-0.1, -0.05) is 0 Å². The second kappa shape index (κ2) is 5.03. The number of nitrogens with zero attached hydrogens (tertiary/aromatic N) is 2. The summed E-state index contributed by atoms with van der Waals surface area (Å²) in [6.45, 7) is 4.82. The molecule has 1 N–H and O–H groups in total. The molecule has 0 fully saturated rings. The Kier molecular flexibility index (Phi) is 4.18. The average Bonchev–Trinajstić information content (AvgIpc) is 2.36. The molecule has 0 aliphatic rings. The Bertz CT molecular complexity index is 491. The van der Waals surface area contributed by atoms with Gasteiger partial charge in [-0.15, -0.1) is 0 Å². The molecule has 0 saturated heterocycles. The molecule has 0 aliphatic heterocycles. The van der Waals surface area contributed by atoms with Crippen LogP contribution in [0.2, 0.25) is 0 Å². The van der Waals surface area contributed by atoms with Crippen molar-refractivity contribution in [3.8, 4) is 0 Å². The standard InChI is InChI=1S/C10H13BrF3N3O2/c1-9(2,3)19-8(18)15-7-5(10(12,13)14)6(11)16-17(7)4/h1-4H3,(H,15,18). The van der Waals surface area contributed by atoms with Gasteiger partial charge in [-0.25, -0.2) is 4.79 Å². The molecule has 0 aromatic carbocycles. The first-order chi connectivity index (χ1) is 8.42. The number of aromatic nitrogens is 2. The van der Waals surface area contributed by atoms with E-state index in [4.69, 9.17) is 4.74 Å². The van der Waals surface area contributed by atoms with Gasteiger partial charge in [0.25, 0.3) is 0 Å². The zero-order chi connectivity index (χ0) is 15.0. The highest BCUT2D eigenvalue weighted by molar-refractivity contribution is 9.10. The Morgan fingerprint density at radius 1 is 1.37 bits per heavy atom. The predicted octanol–water partition coefficient (Wildman–Crippen LogP) is 3.55. The van der Waals surface area contributed by atoms with Crippen molar-refractivity contribution in [3.63, 3.8) is 0 Å². The maximum Gasteiger partial charge on any atom is 0.422 e. The number of carbonyl (C=O) groups excluding carboxylic acids is 1. The van der Waals surface area contributed by atoms with E-state index in [1.54, 1.807) is 20.8 Å². The van der Waals surface area contributed by atoms with Crippen LogP contribution in [0.25, 0.3) is 0 Å². The third-order valence-corrected chi connectivity index (χ3v) is 2.46. The fraction of sp³-hybridized carbons (Fsp3) is 0.600. The van der Waals surface area contributed by atoms with Crippen molar-refractivity contribution in [3.05, 3.63) is 10.2 Å². The molecule has 0 saturated carbocycles. The first-order valence-corrected chi connectivity index (χ1v) is 6.01. The first-order valence-electron chi connectivity index (χ1n) is 5.21. The molecule has 1 aromatic rings. The second-order valence-electron chi connectivity index (χ2n) is 4.76. The summed E-state index contributed by atoms with van der Waals surface area (Å²) in [5.41, 5.74) is -1.86. The van der Waals surface area contributed by atoms with Crippen molar-refractivity contribution in [2.75, 3.05) is 5.32 Å². The van der Waals surface area contributed by atoms with Crippen LogP contribution in [0.1, 0.15) is 26.3 Å². The normalized spacial score (nSPS) is 12.4. The molecular weight excluding hydrogens is 331 g/mol. The van der Waals surface area contributed by atoms with Crippen molar-refractivity contribution in [1.29, 1.82) is 0 Å². The van der Waals surface area contributed by atoms with Gasteiger partial charge in [0.1, 0.15) is 21.6 Å². The minimum absolute atomic E-state index is 0.395. The largest absolute Gasteiger partial charge is 0.444 e. The van der Waals surface area contributed by atoms with Crippen LogP contribution in [0.15, 0.2) is 4.60 Å². The van der Waals surface area contributed by atoms with Crippen LogP contribution in [0.5, 0.6) is 0 Å². The number of aryl methyl sites for hydroxylation is 1. The van der Waals surface area contributed by atoms with E-state index in [1.165, 1.54) is 7.05 Å². The molecule has 0 bridgehead atoms. The quantitative estimate of drug-likeness (QED) is 0.848. The molecule has 1 heterocycles. The molecule has 5 nitrogen and oxygen atoms in total. The van der Waals surface area contributed by atoms with E-state index >= 15 is 0 Å². The van der Waals surface area contributed by atoms with Crippen LogP contribution in [0.3, 0.4) is 0 Å². The highest BCUT2D eigenvalue weighted by Gasteiger charge is 2.40. The van der Waals surface area contributed by atoms with Gasteiger partial charge in [0.15, 0.2) is 0 Å². The summed E-state index contributed by atoms with van der Waals surface area (Å²) in [5.74, 6) is -0.478. The van der Waals surface area contributed by atoms with E-state index in [-0.39, 0.29) is 0 Å². The molecule has 9 heteroatoms. The Morgan fingerprint density at radius 3 is 2.32 bits per heavy atom. The van der Waals surface area contributed by atoms with Gasteiger partial charge in [-0.2, -0.15) is 18.3 Å². The van der Waals surface area contributed by atoms with Crippen LogP contribution in [-0.4, -0.2) is 21.5 Å². The molecule has 108 valence electrons. The number of ether oxygens (including phenoxy) is 1. The van der Waals surface area contributed by atoms with E-state index in [1.807, 2.05) is 0 Å². The molecule has 0 atom stereocenters. The van der Waals surface area contributed by atoms with Gasteiger partial charge in [0, 0.05) is 7.05 Å². The van der Waals surface area contributed by atoms with Gasteiger partial charge in [-0.05, 0) is 36.7 Å². The first kappa shape index (κ1) is 15.8. The van der Waals surface area contributed by atoms with Crippen molar-refractivity contribution in [2.24, 2.45) is 7.05 Å². The molecule has 1 amide bonds. The highest BCUT2D eigenvalue weighted by Crippen LogP contribution is 2.39. The number of hydrogen-bond acceptors (Lipinski definition) is 3. The lowest BCUT2D eigenvalue weighted by Crippen LogP contribution is -2.28. The van der Waals surface area contributed by atoms with E-state index in [0.29, 0.717) is 0 Å². The maximum atomic E-state index is 12.8. The average molecular weight is 344 g/mol. The van der Waals surface area contributed by atoms with Crippen molar-refractivity contribution in [2.45, 2.75) is 32.5 Å². The summed E-state index contributed by atoms with van der Waals surface area (Å²) in [4.78, 5) is 11.5. The number of nitrogens with one attached hydrogen (secondary N) is 1. The Hall–Kier alpha value is -1.25. The Morgan fingerprint density at radius 2 is 1.89 bits per heavy atom. The van der Waals surface area contributed by atoms with Gasteiger partial charge in [0.05, 0.1) is 0 Å². The number of alkyl halides is 3. The van der Waals surface area contributed by atoms with Crippen LogP contribution < -0.4 is 5.32 Å². The Balaban J connectivity index is 3.05. The van der Waals surface area contributed by atoms with E-state index < -0.39 is 33.9 Å². The molecule has 0 spiro atoms. The number of rotatable bonds is 1. The van der Waals surface area contributed by atoms with Crippen LogP contribution >= 0.6 is 15.9 Å². The smallest absolute Gasteiger partial charge is 0.422 e. The minimum Gasteiger partial charge on any atom is -0.444 e. The number of amides is 1. The minimum atomic E-state index is -4.64. The van der Waals surface area contributed by atoms with E-state index in [0.717, 1.165) is 4.68 Å². The fourth-order valence-electron chi connectivity index (χ4n) is 1.29. The lowest BCUT2D eigenvalue weighted by atomic mass is 10.2. The lowest BCUT2D eigenvalue weighted by Gasteiger charge is -2.20. The summed E-state index contributed by atoms with van der Waals surface area (Å²) in [6.07, 6.45) is -5.62. The molecule has 0 aliphatic carbocycles. The summed E-state index contributed by atoms with van der Waals surface area (Å²) in [6, 6.07) is 0. The molecule has 19 heavy (non-hydrogen) atoms. The monoisotopic (exact) mass is 343 g/mol. The SMILES string of the molecule is Cn1nc(Br)c(C(F)(F)F)c1NC(=O)OC(C)(C)C. The topological polar surface area (TPSA) is 56.2 Å². The summed E-state index contributed by atoms with van der Waals surface area (Å²) < 4.78 is 43.9. The predicted molar refractivity (Wildman–Crippen MR) is 65.8 cm³/mol. The summed E-state index contributed by atoms with van der Waals surface area (Å²) >= 11 is 2.71. The summed E-state index contributed by atoms with van der Waals surface area (Å²) in [7, 11) is 1.28. The van der Waals surface area contributed by atoms with Crippen LogP contribution in [0.4, 0.5) is 23.8 Å². The Labute approximate surface area is 116 Å². The second-order valence-corrected chi connectivity index (χ2v) is 5.51. The van der Waals surface area contributed by atoms with E-state index in [2.05, 4.69) is 26.3 Å².